The van der Waals surface area contributed by atoms with E-state index >= 15 is 0 Å². The number of ether oxygens (including phenoxy) is 1. The van der Waals surface area contributed by atoms with Gasteiger partial charge in [-0.1, -0.05) is 12.1 Å². The van der Waals surface area contributed by atoms with Gasteiger partial charge in [-0.15, -0.1) is 0 Å². The van der Waals surface area contributed by atoms with Crippen molar-refractivity contribution in [2.24, 2.45) is 0 Å². The first-order valence-corrected chi connectivity index (χ1v) is 9.00. The number of benzene rings is 1. The zero-order valence-corrected chi connectivity index (χ0v) is 14.7. The maximum atomic E-state index is 5.47. The molecule has 0 bridgehead atoms. The summed E-state index contributed by atoms with van der Waals surface area (Å²) >= 11 is 0. The highest BCUT2D eigenvalue weighted by Gasteiger charge is 2.15. The van der Waals surface area contributed by atoms with Crippen LogP contribution in [-0.4, -0.2) is 51.1 Å². The van der Waals surface area contributed by atoms with E-state index in [2.05, 4.69) is 49.1 Å². The van der Waals surface area contributed by atoms with Crippen LogP contribution >= 0.6 is 0 Å². The fraction of sp³-hybridized carbons (Fsp3) is 0.300. The zero-order valence-electron chi connectivity index (χ0n) is 14.7. The molecule has 1 aliphatic heterocycles. The molecule has 2 N–H and O–H groups in total. The van der Waals surface area contributed by atoms with Crippen LogP contribution in [0.4, 0.5) is 0 Å². The molecule has 6 nitrogen and oxygen atoms in total. The average molecular weight is 347 g/mol. The van der Waals surface area contributed by atoms with E-state index in [1.54, 1.807) is 0 Å². The quantitative estimate of drug-likeness (QED) is 0.597. The van der Waals surface area contributed by atoms with E-state index in [0.717, 1.165) is 66.6 Å². The van der Waals surface area contributed by atoms with E-state index < -0.39 is 0 Å². The smallest absolute Gasteiger partial charge is 0.158 e. The van der Waals surface area contributed by atoms with Crippen molar-refractivity contribution in [2.75, 3.05) is 26.3 Å². The third kappa shape index (κ3) is 2.67. The van der Waals surface area contributed by atoms with Gasteiger partial charge in [0.25, 0.3) is 0 Å². The van der Waals surface area contributed by atoms with Crippen molar-refractivity contribution in [3.05, 3.63) is 47.9 Å². The largest absolute Gasteiger partial charge is 0.379 e. The summed E-state index contributed by atoms with van der Waals surface area (Å²) < 4.78 is 5.47. The number of morpholine rings is 1. The molecule has 0 spiro atoms. The highest BCUT2D eigenvalue weighted by molar-refractivity contribution is 5.94. The number of aromatic nitrogens is 4. The molecular formula is C20H21N5O. The molecule has 1 fully saturated rings. The number of nitrogens with zero attached hydrogens (tertiary/aromatic N) is 3. The van der Waals surface area contributed by atoms with Crippen molar-refractivity contribution in [1.82, 2.24) is 24.8 Å². The van der Waals surface area contributed by atoms with Crippen LogP contribution in [0, 0.1) is 6.92 Å². The van der Waals surface area contributed by atoms with Crippen molar-refractivity contribution in [3.8, 4) is 11.3 Å². The number of fused-ring (bicyclic) bond motifs is 2. The minimum atomic E-state index is 0.821. The lowest BCUT2D eigenvalue weighted by molar-refractivity contribution is 0.0344. The van der Waals surface area contributed by atoms with Crippen molar-refractivity contribution in [3.63, 3.8) is 0 Å². The Morgan fingerprint density at radius 1 is 1.15 bits per heavy atom. The number of aryl methyl sites for hydroxylation is 1. The first-order chi connectivity index (χ1) is 12.8. The van der Waals surface area contributed by atoms with Crippen LogP contribution in [0.3, 0.4) is 0 Å². The van der Waals surface area contributed by atoms with Gasteiger partial charge in [-0.3, -0.25) is 4.90 Å². The number of imidazole rings is 1. The topological polar surface area (TPSA) is 69.8 Å². The molecule has 3 aromatic heterocycles. The molecule has 6 heteroatoms. The fourth-order valence-electron chi connectivity index (χ4n) is 3.74. The third-order valence-electron chi connectivity index (χ3n) is 5.05. The average Bonchev–Trinajstić information content (AvgIpc) is 3.25. The van der Waals surface area contributed by atoms with Gasteiger partial charge in [0.05, 0.1) is 13.2 Å². The van der Waals surface area contributed by atoms with Gasteiger partial charge in [-0.25, -0.2) is 9.97 Å². The summed E-state index contributed by atoms with van der Waals surface area (Å²) in [7, 11) is 0. The second kappa shape index (κ2) is 6.23. The Balaban J connectivity index is 1.58. The molecule has 0 saturated carbocycles. The van der Waals surface area contributed by atoms with Crippen LogP contribution in [0.25, 0.3) is 33.3 Å². The molecule has 0 radical (unpaired) electrons. The number of aromatic amines is 2. The summed E-state index contributed by atoms with van der Waals surface area (Å²) in [5.74, 6) is 0.879. The summed E-state index contributed by atoms with van der Waals surface area (Å²) in [5.41, 5.74) is 6.39. The predicted octanol–water partition coefficient (Wildman–Crippen LogP) is 3.25. The van der Waals surface area contributed by atoms with Crippen molar-refractivity contribution in [1.29, 1.82) is 0 Å². The van der Waals surface area contributed by atoms with Crippen LogP contribution in [0.1, 0.15) is 11.4 Å². The Kier molecular flexibility index (Phi) is 3.72. The van der Waals surface area contributed by atoms with Crippen LogP contribution in [0.15, 0.2) is 36.5 Å². The Hall–Kier alpha value is -2.70. The van der Waals surface area contributed by atoms with Gasteiger partial charge in [0.1, 0.15) is 11.3 Å². The lowest BCUT2D eigenvalue weighted by atomic mass is 10.1. The molecule has 1 saturated heterocycles. The molecule has 5 rings (SSSR count). The summed E-state index contributed by atoms with van der Waals surface area (Å²) in [6.07, 6.45) is 1.83. The Bertz CT molecular complexity index is 1070. The summed E-state index contributed by atoms with van der Waals surface area (Å²) in [5, 5.41) is 1.27. The van der Waals surface area contributed by atoms with E-state index in [4.69, 9.17) is 4.74 Å². The molecular weight excluding hydrogens is 326 g/mol. The zero-order chi connectivity index (χ0) is 17.5. The standard InChI is InChI=1S/C20H21N5O/c1-13-22-19-15(5-6-21-20(19)23-13)18-11-16-14(3-2-4-17(16)24-18)12-25-7-9-26-10-8-25/h2-6,11,24H,7-10,12H2,1H3,(H,21,22,23). The maximum Gasteiger partial charge on any atom is 0.158 e. The minimum Gasteiger partial charge on any atom is -0.379 e. The number of pyridine rings is 1. The van der Waals surface area contributed by atoms with E-state index in [0.29, 0.717) is 0 Å². The fourth-order valence-corrected chi connectivity index (χ4v) is 3.74. The van der Waals surface area contributed by atoms with Gasteiger partial charge in [0.2, 0.25) is 0 Å². The first kappa shape index (κ1) is 15.5. The molecule has 1 aromatic carbocycles. The third-order valence-corrected chi connectivity index (χ3v) is 5.05. The molecule has 0 atom stereocenters. The van der Waals surface area contributed by atoms with Gasteiger partial charge in [0.15, 0.2) is 5.65 Å². The number of H-pyrrole nitrogens is 2. The molecule has 4 heterocycles. The Morgan fingerprint density at radius 2 is 2.04 bits per heavy atom. The van der Waals surface area contributed by atoms with Gasteiger partial charge >= 0.3 is 0 Å². The SMILES string of the molecule is Cc1nc2c(-c3cc4c(CN5CCOCC5)cccc4[nH]3)ccnc2[nH]1. The van der Waals surface area contributed by atoms with E-state index in [1.807, 2.05) is 19.2 Å². The monoisotopic (exact) mass is 347 g/mol. The molecule has 0 unspecified atom stereocenters. The number of nitrogens with one attached hydrogen (secondary N) is 2. The van der Waals surface area contributed by atoms with E-state index in [1.165, 1.54) is 10.9 Å². The van der Waals surface area contributed by atoms with Gasteiger partial charge < -0.3 is 14.7 Å². The van der Waals surface area contributed by atoms with Crippen LogP contribution < -0.4 is 0 Å². The Morgan fingerprint density at radius 3 is 2.92 bits per heavy atom. The highest BCUT2D eigenvalue weighted by atomic mass is 16.5. The van der Waals surface area contributed by atoms with Crippen molar-refractivity contribution >= 4 is 22.1 Å². The second-order valence-electron chi connectivity index (χ2n) is 6.83. The van der Waals surface area contributed by atoms with E-state index in [9.17, 15) is 0 Å². The van der Waals surface area contributed by atoms with Crippen LogP contribution in [0.5, 0.6) is 0 Å². The molecule has 0 aliphatic carbocycles. The normalized spacial score (nSPS) is 15.9. The maximum absolute atomic E-state index is 5.47. The molecule has 0 amide bonds. The molecule has 132 valence electrons. The molecule has 4 aromatic rings. The van der Waals surface area contributed by atoms with Crippen molar-refractivity contribution < 1.29 is 4.74 Å². The Labute approximate surface area is 151 Å². The minimum absolute atomic E-state index is 0.821. The first-order valence-electron chi connectivity index (χ1n) is 9.00. The summed E-state index contributed by atoms with van der Waals surface area (Å²) in [6.45, 7) is 6.53. The van der Waals surface area contributed by atoms with Crippen LogP contribution in [0.2, 0.25) is 0 Å². The summed E-state index contributed by atoms with van der Waals surface area (Å²) in [6, 6.07) is 10.7. The van der Waals surface area contributed by atoms with Gasteiger partial charge in [-0.05, 0) is 30.7 Å². The van der Waals surface area contributed by atoms with E-state index in [-0.39, 0.29) is 0 Å². The highest BCUT2D eigenvalue weighted by Crippen LogP contribution is 2.30. The van der Waals surface area contributed by atoms with Gasteiger partial charge in [0, 0.05) is 48.0 Å². The summed E-state index contributed by atoms with van der Waals surface area (Å²) in [4.78, 5) is 18.2. The van der Waals surface area contributed by atoms with Gasteiger partial charge in [-0.2, -0.15) is 0 Å². The number of hydrogen-bond donors (Lipinski definition) is 2. The lowest BCUT2D eigenvalue weighted by Gasteiger charge is -2.26. The molecule has 26 heavy (non-hydrogen) atoms. The number of hydrogen-bond acceptors (Lipinski definition) is 4. The van der Waals surface area contributed by atoms with Crippen molar-refractivity contribution in [2.45, 2.75) is 13.5 Å². The lowest BCUT2D eigenvalue weighted by Crippen LogP contribution is -2.35. The second-order valence-corrected chi connectivity index (χ2v) is 6.83. The predicted molar refractivity (Wildman–Crippen MR) is 102 cm³/mol. The number of rotatable bonds is 3. The molecule has 1 aliphatic rings. The van der Waals surface area contributed by atoms with Crippen LogP contribution in [-0.2, 0) is 11.3 Å².